The molecule has 0 fully saturated rings. The van der Waals surface area contributed by atoms with Crippen LogP contribution in [0.3, 0.4) is 0 Å². The van der Waals surface area contributed by atoms with Gasteiger partial charge in [-0.25, -0.2) is 4.39 Å². The third-order valence-corrected chi connectivity index (χ3v) is 2.21. The van der Waals surface area contributed by atoms with E-state index in [4.69, 9.17) is 4.74 Å². The second-order valence-electron chi connectivity index (χ2n) is 2.54. The molecule has 0 heterocycles. The standard InChI is InChI=1S/C10H8BrFO2/c1-14-10-3-2-7(5-9(10)11)4-8(12)6-13/h2-6H,1H3/b8-4-. The van der Waals surface area contributed by atoms with Gasteiger partial charge in [0.15, 0.2) is 12.1 Å². The number of aldehydes is 1. The van der Waals surface area contributed by atoms with Crippen molar-refractivity contribution >= 4 is 28.3 Å². The maximum Gasteiger partial charge on any atom is 0.178 e. The fraction of sp³-hybridized carbons (Fsp3) is 0.100. The molecular formula is C10H8BrFO2. The maximum atomic E-state index is 12.6. The highest BCUT2D eigenvalue weighted by Gasteiger charge is 2.00. The number of hydrogen-bond acceptors (Lipinski definition) is 2. The molecule has 0 aromatic heterocycles. The number of halogens is 2. The summed E-state index contributed by atoms with van der Waals surface area (Å²) in [6.45, 7) is 0. The Hall–Kier alpha value is -1.16. The van der Waals surface area contributed by atoms with E-state index in [0.29, 0.717) is 15.8 Å². The van der Waals surface area contributed by atoms with Crippen LogP contribution in [-0.2, 0) is 4.79 Å². The van der Waals surface area contributed by atoms with Crippen LogP contribution in [0.2, 0.25) is 0 Å². The number of allylic oxidation sites excluding steroid dienone is 1. The van der Waals surface area contributed by atoms with Crippen molar-refractivity contribution in [2.45, 2.75) is 0 Å². The largest absolute Gasteiger partial charge is 0.496 e. The van der Waals surface area contributed by atoms with E-state index in [0.717, 1.165) is 6.08 Å². The minimum atomic E-state index is -0.804. The lowest BCUT2D eigenvalue weighted by atomic mass is 10.2. The quantitative estimate of drug-likeness (QED) is 0.616. The van der Waals surface area contributed by atoms with Crippen LogP contribution in [0.5, 0.6) is 5.75 Å². The SMILES string of the molecule is COc1ccc(/C=C(\F)C=O)cc1Br. The van der Waals surface area contributed by atoms with Gasteiger partial charge in [-0.3, -0.25) is 4.79 Å². The van der Waals surface area contributed by atoms with Gasteiger partial charge in [0.05, 0.1) is 11.6 Å². The molecule has 74 valence electrons. The number of methoxy groups -OCH3 is 1. The first-order chi connectivity index (χ1) is 6.67. The number of carbonyl (C=O) groups excluding carboxylic acids is 1. The fourth-order valence-corrected chi connectivity index (χ4v) is 1.52. The van der Waals surface area contributed by atoms with Gasteiger partial charge in [-0.2, -0.15) is 0 Å². The summed E-state index contributed by atoms with van der Waals surface area (Å²) in [5.74, 6) is -0.143. The van der Waals surface area contributed by atoms with E-state index in [1.807, 2.05) is 0 Å². The summed E-state index contributed by atoms with van der Waals surface area (Å²) in [5, 5.41) is 0. The highest BCUT2D eigenvalue weighted by Crippen LogP contribution is 2.26. The monoisotopic (exact) mass is 258 g/mol. The molecule has 0 saturated carbocycles. The van der Waals surface area contributed by atoms with E-state index >= 15 is 0 Å². The van der Waals surface area contributed by atoms with Gasteiger partial charge in [0.1, 0.15) is 5.75 Å². The fourth-order valence-electron chi connectivity index (χ4n) is 0.966. The number of benzene rings is 1. The van der Waals surface area contributed by atoms with Gasteiger partial charge in [0.2, 0.25) is 0 Å². The molecule has 2 nitrogen and oxygen atoms in total. The van der Waals surface area contributed by atoms with Crippen molar-refractivity contribution in [1.82, 2.24) is 0 Å². The first-order valence-electron chi connectivity index (χ1n) is 3.83. The topological polar surface area (TPSA) is 26.3 Å². The molecule has 0 amide bonds. The Morgan fingerprint density at radius 2 is 2.29 bits per heavy atom. The first-order valence-corrected chi connectivity index (χ1v) is 4.62. The van der Waals surface area contributed by atoms with Crippen molar-refractivity contribution in [2.75, 3.05) is 7.11 Å². The van der Waals surface area contributed by atoms with E-state index in [1.165, 1.54) is 0 Å². The van der Waals surface area contributed by atoms with Crippen molar-refractivity contribution in [2.24, 2.45) is 0 Å². The lowest BCUT2D eigenvalue weighted by molar-refractivity contribution is -0.106. The van der Waals surface area contributed by atoms with E-state index < -0.39 is 5.83 Å². The Labute approximate surface area is 89.5 Å². The summed E-state index contributed by atoms with van der Waals surface area (Å²) in [7, 11) is 1.54. The number of hydrogen-bond donors (Lipinski definition) is 0. The lowest BCUT2D eigenvalue weighted by Crippen LogP contribution is -1.85. The molecule has 4 heteroatoms. The van der Waals surface area contributed by atoms with Crippen LogP contribution < -0.4 is 4.74 Å². The molecule has 0 unspecified atom stereocenters. The first kappa shape index (κ1) is 10.9. The van der Waals surface area contributed by atoms with Crippen LogP contribution in [0.4, 0.5) is 4.39 Å². The van der Waals surface area contributed by atoms with Crippen molar-refractivity contribution in [3.63, 3.8) is 0 Å². The van der Waals surface area contributed by atoms with Crippen molar-refractivity contribution in [3.8, 4) is 5.75 Å². The van der Waals surface area contributed by atoms with Gasteiger partial charge < -0.3 is 4.74 Å². The Kier molecular flexibility index (Phi) is 3.83. The molecule has 0 saturated heterocycles. The maximum absolute atomic E-state index is 12.6. The molecule has 0 aliphatic carbocycles. The summed E-state index contributed by atoms with van der Waals surface area (Å²) >= 11 is 3.25. The van der Waals surface area contributed by atoms with E-state index in [2.05, 4.69) is 15.9 Å². The van der Waals surface area contributed by atoms with Gasteiger partial charge >= 0.3 is 0 Å². The Bertz CT molecular complexity index is 374. The summed E-state index contributed by atoms with van der Waals surface area (Å²) in [6, 6.07) is 5.02. The molecule has 0 bridgehead atoms. The normalized spacial score (nSPS) is 11.2. The average Bonchev–Trinajstić information content (AvgIpc) is 2.18. The Balaban J connectivity index is 3.03. The van der Waals surface area contributed by atoms with Gasteiger partial charge in [-0.1, -0.05) is 6.07 Å². The smallest absolute Gasteiger partial charge is 0.178 e. The van der Waals surface area contributed by atoms with Crippen molar-refractivity contribution in [3.05, 3.63) is 34.1 Å². The Morgan fingerprint density at radius 1 is 1.57 bits per heavy atom. The van der Waals surface area contributed by atoms with Crippen LogP contribution in [0, 0.1) is 0 Å². The van der Waals surface area contributed by atoms with E-state index in [1.54, 1.807) is 25.3 Å². The van der Waals surface area contributed by atoms with Crippen LogP contribution >= 0.6 is 15.9 Å². The summed E-state index contributed by atoms with van der Waals surface area (Å²) < 4.78 is 18.3. The molecule has 0 N–H and O–H groups in total. The molecule has 14 heavy (non-hydrogen) atoms. The summed E-state index contributed by atoms with van der Waals surface area (Å²) in [5.41, 5.74) is 0.599. The minimum Gasteiger partial charge on any atom is -0.496 e. The second-order valence-corrected chi connectivity index (χ2v) is 3.40. The number of carbonyl (C=O) groups is 1. The van der Waals surface area contributed by atoms with Gasteiger partial charge in [0, 0.05) is 0 Å². The summed E-state index contributed by atoms with van der Waals surface area (Å²) in [6.07, 6.45) is 1.31. The lowest BCUT2D eigenvalue weighted by Gasteiger charge is -2.02. The molecule has 0 aliphatic heterocycles. The molecule has 0 spiro atoms. The van der Waals surface area contributed by atoms with Crippen LogP contribution in [0.1, 0.15) is 5.56 Å². The third kappa shape index (κ3) is 2.67. The van der Waals surface area contributed by atoms with Gasteiger partial charge in [0.25, 0.3) is 0 Å². The van der Waals surface area contributed by atoms with Gasteiger partial charge in [-0.15, -0.1) is 0 Å². The predicted octanol–water partition coefficient (Wildman–Crippen LogP) is 2.97. The molecule has 0 radical (unpaired) electrons. The van der Waals surface area contributed by atoms with Crippen LogP contribution in [-0.4, -0.2) is 13.4 Å². The molecule has 1 rings (SSSR count). The molecule has 1 aromatic carbocycles. The van der Waals surface area contributed by atoms with Crippen molar-refractivity contribution < 1.29 is 13.9 Å². The highest BCUT2D eigenvalue weighted by molar-refractivity contribution is 9.10. The highest BCUT2D eigenvalue weighted by atomic mass is 79.9. The van der Waals surface area contributed by atoms with E-state index in [-0.39, 0.29) is 6.29 Å². The zero-order valence-electron chi connectivity index (χ0n) is 7.46. The van der Waals surface area contributed by atoms with Crippen LogP contribution in [0.25, 0.3) is 6.08 Å². The second kappa shape index (κ2) is 4.91. The average molecular weight is 259 g/mol. The predicted molar refractivity (Wildman–Crippen MR) is 55.8 cm³/mol. The zero-order valence-corrected chi connectivity index (χ0v) is 9.05. The molecule has 1 aromatic rings. The molecule has 0 aliphatic rings. The zero-order chi connectivity index (χ0) is 10.6. The minimum absolute atomic E-state index is 0.165. The Morgan fingerprint density at radius 3 is 2.79 bits per heavy atom. The third-order valence-electron chi connectivity index (χ3n) is 1.59. The van der Waals surface area contributed by atoms with Gasteiger partial charge in [-0.05, 0) is 39.7 Å². The number of ether oxygens (including phenoxy) is 1. The number of rotatable bonds is 3. The van der Waals surface area contributed by atoms with Crippen LogP contribution in [0.15, 0.2) is 28.5 Å². The molecular weight excluding hydrogens is 251 g/mol. The molecule has 0 atom stereocenters. The summed E-state index contributed by atoms with van der Waals surface area (Å²) in [4.78, 5) is 10.0. The van der Waals surface area contributed by atoms with E-state index in [9.17, 15) is 9.18 Å². The van der Waals surface area contributed by atoms with Crippen molar-refractivity contribution in [1.29, 1.82) is 0 Å².